The van der Waals surface area contributed by atoms with Crippen LogP contribution in [0.3, 0.4) is 0 Å². The molecular formula is C31H28N2O2S2. The molecule has 0 radical (unpaired) electrons. The minimum Gasteiger partial charge on any atom is -0.545 e. The Bertz CT molecular complexity index is 1560. The Morgan fingerprint density at radius 1 is 0.973 bits per heavy atom. The molecule has 0 atom stereocenters. The van der Waals surface area contributed by atoms with Crippen LogP contribution in [0.4, 0.5) is 5.69 Å². The molecule has 0 unspecified atom stereocenters. The van der Waals surface area contributed by atoms with Crippen LogP contribution in [0.2, 0.25) is 0 Å². The summed E-state index contributed by atoms with van der Waals surface area (Å²) in [5, 5.41) is 13.6. The molecule has 0 N–H and O–H groups in total. The van der Waals surface area contributed by atoms with Gasteiger partial charge < -0.3 is 14.8 Å². The second kappa shape index (κ2) is 10.8. The van der Waals surface area contributed by atoms with Crippen molar-refractivity contribution in [2.24, 2.45) is 0 Å². The Hall–Kier alpha value is -3.61. The fourth-order valence-corrected chi connectivity index (χ4v) is 6.91. The molecule has 1 aromatic heterocycles. The number of hydrogen-bond donors (Lipinski definition) is 0. The van der Waals surface area contributed by atoms with Crippen LogP contribution in [-0.4, -0.2) is 12.5 Å². The number of anilines is 1. The van der Waals surface area contributed by atoms with E-state index in [1.54, 1.807) is 35.2 Å². The molecule has 4 aromatic rings. The monoisotopic (exact) mass is 524 g/mol. The number of carbonyl (C=O) groups excluding carboxylic acids is 1. The van der Waals surface area contributed by atoms with Gasteiger partial charge in [0, 0.05) is 23.6 Å². The lowest BCUT2D eigenvalue weighted by atomic mass is 10.0. The minimum atomic E-state index is -1.16. The van der Waals surface area contributed by atoms with Gasteiger partial charge in [0.2, 0.25) is 5.52 Å². The van der Waals surface area contributed by atoms with Gasteiger partial charge in [-0.3, -0.25) is 0 Å². The SMILES string of the molecule is CCN1C(=CC(=Cc2sc3ccccc3[n+]2CC)/C(C)=C/c2ccc(C(=O)[O-])cc2)Sc2ccccc21. The van der Waals surface area contributed by atoms with E-state index in [1.165, 1.54) is 30.8 Å². The molecule has 0 bridgehead atoms. The van der Waals surface area contributed by atoms with Gasteiger partial charge in [-0.2, -0.15) is 4.57 Å². The molecule has 5 rings (SSSR count). The van der Waals surface area contributed by atoms with E-state index in [4.69, 9.17) is 0 Å². The highest BCUT2D eigenvalue weighted by atomic mass is 32.2. The molecule has 37 heavy (non-hydrogen) atoms. The van der Waals surface area contributed by atoms with Gasteiger partial charge in [-0.1, -0.05) is 77.7 Å². The van der Waals surface area contributed by atoms with Crippen molar-refractivity contribution in [3.8, 4) is 0 Å². The van der Waals surface area contributed by atoms with Crippen LogP contribution in [0.25, 0.3) is 22.4 Å². The predicted molar refractivity (Wildman–Crippen MR) is 153 cm³/mol. The fourth-order valence-electron chi connectivity index (χ4n) is 4.56. The normalized spacial score (nSPS) is 15.0. The number of nitrogens with zero attached hydrogens (tertiary/aromatic N) is 2. The second-order valence-corrected chi connectivity index (χ2v) is 10.9. The number of aromatic carboxylic acids is 1. The minimum absolute atomic E-state index is 0.181. The molecular weight excluding hydrogens is 496 g/mol. The highest BCUT2D eigenvalue weighted by molar-refractivity contribution is 8.03. The zero-order valence-electron chi connectivity index (χ0n) is 21.1. The van der Waals surface area contributed by atoms with Crippen molar-refractivity contribution in [3.05, 3.63) is 111 Å². The summed E-state index contributed by atoms with van der Waals surface area (Å²) >= 11 is 3.59. The van der Waals surface area contributed by atoms with E-state index in [2.05, 4.69) is 97.0 Å². The lowest BCUT2D eigenvalue weighted by molar-refractivity contribution is -0.665. The van der Waals surface area contributed by atoms with Gasteiger partial charge in [-0.05, 0) is 67.3 Å². The average molecular weight is 525 g/mol. The number of fused-ring (bicyclic) bond motifs is 2. The smallest absolute Gasteiger partial charge is 0.263 e. The van der Waals surface area contributed by atoms with Crippen LogP contribution >= 0.6 is 23.1 Å². The Morgan fingerprint density at radius 2 is 1.70 bits per heavy atom. The molecule has 1 aliphatic rings. The maximum atomic E-state index is 11.2. The van der Waals surface area contributed by atoms with E-state index >= 15 is 0 Å². The molecule has 2 heterocycles. The van der Waals surface area contributed by atoms with Crippen LogP contribution in [0.1, 0.15) is 41.7 Å². The molecule has 0 aliphatic carbocycles. The summed E-state index contributed by atoms with van der Waals surface area (Å²) in [6, 6.07) is 23.9. The lowest BCUT2D eigenvalue weighted by Crippen LogP contribution is -2.33. The van der Waals surface area contributed by atoms with E-state index in [0.29, 0.717) is 0 Å². The largest absolute Gasteiger partial charge is 0.545 e. The van der Waals surface area contributed by atoms with E-state index in [-0.39, 0.29) is 5.56 Å². The van der Waals surface area contributed by atoms with Gasteiger partial charge in [-0.15, -0.1) is 0 Å². The summed E-state index contributed by atoms with van der Waals surface area (Å²) in [4.78, 5) is 14.8. The molecule has 4 nitrogen and oxygen atoms in total. The van der Waals surface area contributed by atoms with Crippen LogP contribution in [-0.2, 0) is 6.54 Å². The number of aryl methyl sites for hydroxylation is 1. The van der Waals surface area contributed by atoms with Crippen molar-refractivity contribution in [2.45, 2.75) is 32.2 Å². The summed E-state index contributed by atoms with van der Waals surface area (Å²) in [7, 11) is 0. The highest BCUT2D eigenvalue weighted by Gasteiger charge is 2.24. The number of thioether (sulfide) groups is 1. The zero-order valence-corrected chi connectivity index (χ0v) is 22.7. The van der Waals surface area contributed by atoms with Crippen molar-refractivity contribution in [3.63, 3.8) is 0 Å². The van der Waals surface area contributed by atoms with Crippen LogP contribution in [0.15, 0.2) is 99.9 Å². The zero-order chi connectivity index (χ0) is 25.9. The molecule has 186 valence electrons. The molecule has 0 saturated carbocycles. The Kier molecular flexibility index (Phi) is 7.31. The summed E-state index contributed by atoms with van der Waals surface area (Å²) in [5.41, 5.74) is 5.82. The van der Waals surface area contributed by atoms with Crippen LogP contribution in [0, 0.1) is 0 Å². The fraction of sp³-hybridized carbons (Fsp3) is 0.161. The van der Waals surface area contributed by atoms with Crippen molar-refractivity contribution in [1.29, 1.82) is 0 Å². The number of para-hydroxylation sites is 2. The van der Waals surface area contributed by atoms with E-state index in [9.17, 15) is 9.90 Å². The first kappa shape index (κ1) is 25.1. The van der Waals surface area contributed by atoms with Gasteiger partial charge in [0.15, 0.2) is 0 Å². The first-order valence-corrected chi connectivity index (χ1v) is 14.0. The van der Waals surface area contributed by atoms with Crippen molar-refractivity contribution >= 4 is 57.1 Å². The van der Waals surface area contributed by atoms with Gasteiger partial charge in [0.05, 0.1) is 16.7 Å². The summed E-state index contributed by atoms with van der Waals surface area (Å²) in [6.45, 7) is 8.24. The van der Waals surface area contributed by atoms with Crippen molar-refractivity contribution < 1.29 is 14.5 Å². The second-order valence-electron chi connectivity index (χ2n) is 8.79. The van der Waals surface area contributed by atoms with Gasteiger partial charge >= 0.3 is 0 Å². The maximum Gasteiger partial charge on any atom is 0.263 e. The van der Waals surface area contributed by atoms with E-state index in [1.807, 2.05) is 12.1 Å². The van der Waals surface area contributed by atoms with Gasteiger partial charge in [-0.25, -0.2) is 0 Å². The molecule has 0 amide bonds. The molecule has 6 heteroatoms. The third-order valence-electron chi connectivity index (χ3n) is 6.45. The highest BCUT2D eigenvalue weighted by Crippen LogP contribution is 2.46. The topological polar surface area (TPSA) is 47.2 Å². The first-order valence-electron chi connectivity index (χ1n) is 12.4. The van der Waals surface area contributed by atoms with Crippen LogP contribution < -0.4 is 14.6 Å². The summed E-state index contributed by atoms with van der Waals surface area (Å²) in [6.07, 6.45) is 6.66. The van der Waals surface area contributed by atoms with Crippen LogP contribution in [0.5, 0.6) is 0 Å². The predicted octanol–water partition coefficient (Wildman–Crippen LogP) is 6.53. The van der Waals surface area contributed by atoms with Crippen molar-refractivity contribution in [1.82, 2.24) is 0 Å². The number of thiazole rings is 1. The quantitative estimate of drug-likeness (QED) is 0.204. The number of aromatic nitrogens is 1. The number of carboxylic acids is 1. The Labute approximate surface area is 225 Å². The third kappa shape index (κ3) is 5.13. The number of hydrogen-bond acceptors (Lipinski definition) is 5. The Morgan fingerprint density at radius 3 is 2.43 bits per heavy atom. The number of benzene rings is 3. The number of carbonyl (C=O) groups is 1. The summed E-state index contributed by atoms with van der Waals surface area (Å²) in [5.74, 6) is -1.16. The van der Waals surface area contributed by atoms with E-state index in [0.717, 1.165) is 29.8 Å². The van der Waals surface area contributed by atoms with E-state index < -0.39 is 5.97 Å². The number of carboxylic acid groups (broad SMARTS) is 1. The standard InChI is InChI=1S/C31H28N2O2S2/c1-4-32-25-10-6-8-12-27(25)36-29(32)19-24(21(3)18-22-14-16-23(17-15-22)31(34)35)20-30-33(5-2)26-11-7-9-13-28(26)37-30/h6-20H,4-5H2,1-3H3/b21-18+. The number of allylic oxidation sites excluding steroid dienone is 3. The molecule has 0 saturated heterocycles. The molecule has 1 aliphatic heterocycles. The third-order valence-corrected chi connectivity index (χ3v) is 8.67. The maximum absolute atomic E-state index is 11.2. The molecule has 0 fully saturated rings. The van der Waals surface area contributed by atoms with Crippen molar-refractivity contribution in [2.75, 3.05) is 11.4 Å². The molecule has 0 spiro atoms. The summed E-state index contributed by atoms with van der Waals surface area (Å²) < 4.78 is 3.62. The lowest BCUT2D eigenvalue weighted by Gasteiger charge is -2.18. The van der Waals surface area contributed by atoms with Gasteiger partial charge in [0.1, 0.15) is 11.2 Å². The average Bonchev–Trinajstić information content (AvgIpc) is 3.45. The molecule has 3 aromatic carbocycles. The Balaban J connectivity index is 1.62. The number of rotatable bonds is 7. The first-order chi connectivity index (χ1) is 18.0. The van der Waals surface area contributed by atoms with Gasteiger partial charge in [0.25, 0.3) is 5.01 Å².